The van der Waals surface area contributed by atoms with Crippen LogP contribution in [0.15, 0.2) is 61.2 Å². The number of rotatable bonds is 13. The zero-order chi connectivity index (χ0) is 21.6. The first-order valence-electron chi connectivity index (χ1n) is 10.5. The van der Waals surface area contributed by atoms with Crippen molar-refractivity contribution in [2.45, 2.75) is 45.4 Å². The van der Waals surface area contributed by atoms with Crippen molar-refractivity contribution < 1.29 is 23.8 Å². The second kappa shape index (κ2) is 13.2. The second-order valence-corrected chi connectivity index (χ2v) is 6.94. The van der Waals surface area contributed by atoms with E-state index in [4.69, 9.17) is 14.2 Å². The monoisotopic (exact) mass is 410 g/mol. The molecule has 0 bridgehead atoms. The van der Waals surface area contributed by atoms with Crippen LogP contribution < -0.4 is 9.47 Å². The minimum Gasteiger partial charge on any atom is -0.493 e. The molecule has 2 rings (SSSR count). The third kappa shape index (κ3) is 8.52. The van der Waals surface area contributed by atoms with Crippen LogP contribution in [0.2, 0.25) is 0 Å². The maximum absolute atomic E-state index is 12.3. The van der Waals surface area contributed by atoms with Crippen molar-refractivity contribution >= 4 is 11.9 Å². The molecule has 0 fully saturated rings. The number of aryl methyl sites for hydroxylation is 1. The zero-order valence-electron chi connectivity index (χ0n) is 17.6. The van der Waals surface area contributed by atoms with Crippen molar-refractivity contribution in [1.82, 2.24) is 0 Å². The van der Waals surface area contributed by atoms with Crippen molar-refractivity contribution in [2.75, 3.05) is 13.2 Å². The van der Waals surface area contributed by atoms with Crippen LogP contribution in [0.3, 0.4) is 0 Å². The maximum Gasteiger partial charge on any atom is 0.343 e. The molecule has 0 unspecified atom stereocenters. The van der Waals surface area contributed by atoms with Crippen LogP contribution in [0.4, 0.5) is 0 Å². The first-order valence-corrected chi connectivity index (χ1v) is 10.5. The van der Waals surface area contributed by atoms with E-state index in [-0.39, 0.29) is 6.61 Å². The number of carbonyl (C=O) groups excluding carboxylic acids is 2. The summed E-state index contributed by atoms with van der Waals surface area (Å²) in [5.41, 5.74) is 1.71. The number of unbranched alkanes of at least 4 members (excludes halogenated alkanes) is 3. The van der Waals surface area contributed by atoms with Gasteiger partial charge in [-0.1, -0.05) is 44.9 Å². The summed E-state index contributed by atoms with van der Waals surface area (Å²) in [6.07, 6.45) is 7.67. The third-order valence-corrected chi connectivity index (χ3v) is 4.51. The molecule has 0 saturated heterocycles. The molecule has 0 aliphatic carbocycles. The smallest absolute Gasteiger partial charge is 0.343 e. The zero-order valence-corrected chi connectivity index (χ0v) is 17.6. The number of hydrogen-bond acceptors (Lipinski definition) is 5. The summed E-state index contributed by atoms with van der Waals surface area (Å²) in [5, 5.41) is 0. The summed E-state index contributed by atoms with van der Waals surface area (Å²) in [6.45, 7) is 6.21. The van der Waals surface area contributed by atoms with Gasteiger partial charge in [-0.05, 0) is 54.8 Å². The van der Waals surface area contributed by atoms with Crippen molar-refractivity contribution in [3.05, 3.63) is 72.3 Å². The molecule has 0 amide bonds. The highest BCUT2D eigenvalue weighted by Crippen LogP contribution is 2.18. The molecule has 2 aromatic carbocycles. The molecule has 0 aromatic heterocycles. The molecule has 5 nitrogen and oxygen atoms in total. The number of esters is 2. The van der Waals surface area contributed by atoms with Gasteiger partial charge in [0.25, 0.3) is 0 Å². The van der Waals surface area contributed by atoms with Gasteiger partial charge in [-0.2, -0.15) is 0 Å². The van der Waals surface area contributed by atoms with Crippen LogP contribution in [0, 0.1) is 0 Å². The van der Waals surface area contributed by atoms with Crippen LogP contribution in [-0.2, 0) is 16.0 Å². The predicted octanol–water partition coefficient (Wildman–Crippen LogP) is 5.53. The van der Waals surface area contributed by atoms with E-state index in [0.29, 0.717) is 30.1 Å². The molecule has 0 atom stereocenters. The quantitative estimate of drug-likeness (QED) is 0.188. The van der Waals surface area contributed by atoms with Gasteiger partial charge in [-0.25, -0.2) is 9.59 Å². The van der Waals surface area contributed by atoms with Crippen LogP contribution >= 0.6 is 0 Å². The Morgan fingerprint density at radius 1 is 0.867 bits per heavy atom. The molecule has 30 heavy (non-hydrogen) atoms. The fraction of sp³-hybridized carbons (Fsp3) is 0.360. The van der Waals surface area contributed by atoms with Crippen molar-refractivity contribution in [2.24, 2.45) is 0 Å². The average molecular weight is 411 g/mol. The third-order valence-electron chi connectivity index (χ3n) is 4.51. The average Bonchev–Trinajstić information content (AvgIpc) is 2.77. The number of carbonyl (C=O) groups is 2. The summed E-state index contributed by atoms with van der Waals surface area (Å²) >= 11 is 0. The molecule has 0 aliphatic rings. The molecule has 0 N–H and O–H groups in total. The van der Waals surface area contributed by atoms with Crippen LogP contribution in [0.1, 0.15) is 54.9 Å². The van der Waals surface area contributed by atoms with Crippen LogP contribution in [0.5, 0.6) is 11.5 Å². The number of hydrogen-bond donors (Lipinski definition) is 0. The van der Waals surface area contributed by atoms with Crippen LogP contribution in [-0.4, -0.2) is 25.2 Å². The Morgan fingerprint density at radius 2 is 1.57 bits per heavy atom. The lowest BCUT2D eigenvalue weighted by molar-refractivity contribution is -0.137. The van der Waals surface area contributed by atoms with Crippen LogP contribution in [0.25, 0.3) is 0 Å². The Labute approximate surface area is 178 Å². The Bertz CT molecular complexity index is 793. The summed E-state index contributed by atoms with van der Waals surface area (Å²) in [7, 11) is 0. The van der Waals surface area contributed by atoms with E-state index in [9.17, 15) is 9.59 Å². The highest BCUT2D eigenvalue weighted by molar-refractivity contribution is 5.91. The number of benzene rings is 2. The van der Waals surface area contributed by atoms with Gasteiger partial charge in [-0.15, -0.1) is 0 Å². The largest absolute Gasteiger partial charge is 0.493 e. The van der Waals surface area contributed by atoms with E-state index in [2.05, 4.69) is 13.5 Å². The summed E-state index contributed by atoms with van der Waals surface area (Å²) < 4.78 is 15.9. The van der Waals surface area contributed by atoms with Gasteiger partial charge in [0.15, 0.2) is 0 Å². The fourth-order valence-electron chi connectivity index (χ4n) is 2.81. The number of ether oxygens (including phenoxy) is 3. The Hall–Kier alpha value is -3.08. The van der Waals surface area contributed by atoms with Gasteiger partial charge in [0, 0.05) is 12.5 Å². The lowest BCUT2D eigenvalue weighted by Crippen LogP contribution is -2.09. The van der Waals surface area contributed by atoms with E-state index in [1.165, 1.54) is 31.2 Å². The van der Waals surface area contributed by atoms with E-state index in [0.717, 1.165) is 12.5 Å². The van der Waals surface area contributed by atoms with Gasteiger partial charge >= 0.3 is 11.9 Å². The van der Waals surface area contributed by atoms with Gasteiger partial charge in [0.1, 0.15) is 11.5 Å². The minimum absolute atomic E-state index is 0.271. The second-order valence-electron chi connectivity index (χ2n) is 6.94. The van der Waals surface area contributed by atoms with E-state index in [1.807, 2.05) is 24.3 Å². The Morgan fingerprint density at radius 3 is 2.23 bits per heavy atom. The van der Waals surface area contributed by atoms with Crippen molar-refractivity contribution in [1.29, 1.82) is 0 Å². The molecule has 0 heterocycles. The summed E-state index contributed by atoms with van der Waals surface area (Å²) in [6, 6.07) is 14.5. The fourth-order valence-corrected chi connectivity index (χ4v) is 2.81. The van der Waals surface area contributed by atoms with Gasteiger partial charge in [-0.3, -0.25) is 0 Å². The first-order chi connectivity index (χ1) is 14.6. The summed E-state index contributed by atoms with van der Waals surface area (Å²) in [4.78, 5) is 23.3. The molecule has 0 aliphatic heterocycles. The minimum atomic E-state index is -0.445. The molecule has 2 aromatic rings. The van der Waals surface area contributed by atoms with Crippen molar-refractivity contribution in [3.8, 4) is 11.5 Å². The van der Waals surface area contributed by atoms with E-state index < -0.39 is 11.9 Å². The SMILES string of the molecule is C=CC(=O)OCCCOc1ccc(C(=O)Oc2ccc(CCCCCC)cc2)cc1. The topological polar surface area (TPSA) is 61.8 Å². The molecule has 160 valence electrons. The Balaban J connectivity index is 1.74. The van der Waals surface area contributed by atoms with E-state index in [1.54, 1.807) is 24.3 Å². The lowest BCUT2D eigenvalue weighted by atomic mass is 10.1. The first kappa shape index (κ1) is 23.2. The molecular formula is C25H30O5. The molecule has 0 spiro atoms. The molecule has 0 saturated carbocycles. The maximum atomic E-state index is 12.3. The highest BCUT2D eigenvalue weighted by Gasteiger charge is 2.09. The normalized spacial score (nSPS) is 10.3. The predicted molar refractivity (Wildman–Crippen MR) is 117 cm³/mol. The van der Waals surface area contributed by atoms with Gasteiger partial charge in [0.05, 0.1) is 18.8 Å². The standard InChI is InChI=1S/C25H30O5/c1-3-5-6-7-9-20-10-14-23(15-11-20)30-25(27)21-12-16-22(17-13-21)28-18-8-19-29-24(26)4-2/h4,10-17H,2-3,5-9,18-19H2,1H3. The van der Waals surface area contributed by atoms with Gasteiger partial charge < -0.3 is 14.2 Å². The summed E-state index contributed by atoms with van der Waals surface area (Å²) in [5.74, 6) is 0.314. The van der Waals surface area contributed by atoms with Crippen molar-refractivity contribution in [3.63, 3.8) is 0 Å². The Kier molecular flexibility index (Phi) is 10.2. The van der Waals surface area contributed by atoms with Gasteiger partial charge in [0.2, 0.25) is 0 Å². The lowest BCUT2D eigenvalue weighted by Gasteiger charge is -2.08. The molecule has 5 heteroatoms. The van der Waals surface area contributed by atoms with E-state index >= 15 is 0 Å². The molecular weight excluding hydrogens is 380 g/mol. The molecule has 0 radical (unpaired) electrons. The highest BCUT2D eigenvalue weighted by atomic mass is 16.5.